The molecule has 2 amide bonds. The molecule has 2 aromatic rings. The molecule has 0 saturated heterocycles. The Labute approximate surface area is 168 Å². The van der Waals surface area contributed by atoms with Gasteiger partial charge < -0.3 is 11.1 Å². The molecule has 3 rings (SSSR count). The molecular formula is C19H16ClF4N3O2. The molecule has 0 radical (unpaired) electrons. The number of benzene rings is 1. The van der Waals surface area contributed by atoms with E-state index in [0.717, 1.165) is 6.07 Å². The molecule has 1 saturated carbocycles. The zero-order valence-electron chi connectivity index (χ0n) is 14.9. The van der Waals surface area contributed by atoms with Gasteiger partial charge in [0.2, 0.25) is 11.8 Å². The molecule has 5 nitrogen and oxygen atoms in total. The monoisotopic (exact) mass is 429 g/mol. The van der Waals surface area contributed by atoms with Crippen LogP contribution in [0.25, 0.3) is 0 Å². The van der Waals surface area contributed by atoms with Gasteiger partial charge in [0.05, 0.1) is 10.9 Å². The van der Waals surface area contributed by atoms with Crippen molar-refractivity contribution in [1.82, 2.24) is 4.98 Å². The normalized spacial score (nSPS) is 20.9. The predicted molar refractivity (Wildman–Crippen MR) is 97.8 cm³/mol. The number of nitrogens with zero attached hydrogens (tertiary/aromatic N) is 1. The van der Waals surface area contributed by atoms with Crippen molar-refractivity contribution in [1.29, 1.82) is 0 Å². The SMILES string of the molecule is NC(=O)c1cc(NC(=O)[C@H]2CC(F)(F)CCC2c2ccc(F)c(F)c2Cl)ccn1. The molecule has 1 unspecified atom stereocenters. The van der Waals surface area contributed by atoms with Gasteiger partial charge in [-0.3, -0.25) is 14.6 Å². The van der Waals surface area contributed by atoms with E-state index in [1.54, 1.807) is 0 Å². The number of primary amides is 1. The summed E-state index contributed by atoms with van der Waals surface area (Å²) in [6, 6.07) is 4.62. The maximum atomic E-state index is 14.0. The molecule has 1 aromatic heterocycles. The summed E-state index contributed by atoms with van der Waals surface area (Å²) in [7, 11) is 0. The lowest BCUT2D eigenvalue weighted by Crippen LogP contribution is -2.38. The number of nitrogens with one attached hydrogen (secondary N) is 1. The van der Waals surface area contributed by atoms with Gasteiger partial charge in [0.25, 0.3) is 5.91 Å². The molecule has 0 aliphatic heterocycles. The molecule has 1 aliphatic rings. The van der Waals surface area contributed by atoms with E-state index >= 15 is 0 Å². The van der Waals surface area contributed by atoms with Gasteiger partial charge in [-0.05, 0) is 36.1 Å². The smallest absolute Gasteiger partial charge is 0.267 e. The average molecular weight is 430 g/mol. The van der Waals surface area contributed by atoms with E-state index in [9.17, 15) is 27.2 Å². The van der Waals surface area contributed by atoms with Crippen LogP contribution in [0.5, 0.6) is 0 Å². The third kappa shape index (κ3) is 4.50. The van der Waals surface area contributed by atoms with Crippen molar-refractivity contribution in [2.45, 2.75) is 31.1 Å². The Morgan fingerprint density at radius 1 is 1.24 bits per heavy atom. The fourth-order valence-corrected chi connectivity index (χ4v) is 3.78. The first-order valence-electron chi connectivity index (χ1n) is 8.67. The Kier molecular flexibility index (Phi) is 5.79. The fourth-order valence-electron chi connectivity index (χ4n) is 3.49. The van der Waals surface area contributed by atoms with Gasteiger partial charge in [0.15, 0.2) is 11.6 Å². The van der Waals surface area contributed by atoms with Crippen molar-refractivity contribution < 1.29 is 27.2 Å². The van der Waals surface area contributed by atoms with E-state index in [2.05, 4.69) is 10.3 Å². The minimum Gasteiger partial charge on any atom is -0.364 e. The first-order chi connectivity index (χ1) is 13.6. The highest BCUT2D eigenvalue weighted by atomic mass is 35.5. The van der Waals surface area contributed by atoms with Gasteiger partial charge >= 0.3 is 0 Å². The van der Waals surface area contributed by atoms with Crippen LogP contribution in [-0.4, -0.2) is 22.7 Å². The zero-order valence-corrected chi connectivity index (χ0v) is 15.6. The Balaban J connectivity index is 1.92. The number of nitrogens with two attached hydrogens (primary N) is 1. The van der Waals surface area contributed by atoms with Crippen LogP contribution < -0.4 is 11.1 Å². The maximum Gasteiger partial charge on any atom is 0.267 e. The third-order valence-electron chi connectivity index (χ3n) is 4.91. The first kappa shape index (κ1) is 21.0. The molecule has 0 spiro atoms. The van der Waals surface area contributed by atoms with E-state index in [0.29, 0.717) is 0 Å². The number of hydrogen-bond donors (Lipinski definition) is 2. The van der Waals surface area contributed by atoms with Crippen LogP contribution in [0.1, 0.15) is 41.2 Å². The molecule has 1 aromatic carbocycles. The number of anilines is 1. The predicted octanol–water partition coefficient (Wildman–Crippen LogP) is 4.27. The van der Waals surface area contributed by atoms with Crippen molar-refractivity contribution >= 4 is 29.1 Å². The van der Waals surface area contributed by atoms with Gasteiger partial charge in [0.1, 0.15) is 5.69 Å². The van der Waals surface area contributed by atoms with E-state index in [-0.39, 0.29) is 23.4 Å². The van der Waals surface area contributed by atoms with Crippen LogP contribution in [0.15, 0.2) is 30.5 Å². The summed E-state index contributed by atoms with van der Waals surface area (Å²) in [6.45, 7) is 0. The van der Waals surface area contributed by atoms with Crippen LogP contribution >= 0.6 is 11.6 Å². The number of aromatic nitrogens is 1. The second kappa shape index (κ2) is 7.98. The summed E-state index contributed by atoms with van der Waals surface area (Å²) in [5.41, 5.74) is 5.26. The summed E-state index contributed by atoms with van der Waals surface area (Å²) in [4.78, 5) is 27.8. The lowest BCUT2D eigenvalue weighted by Gasteiger charge is -2.35. The highest BCUT2D eigenvalue weighted by Gasteiger charge is 2.45. The molecule has 29 heavy (non-hydrogen) atoms. The van der Waals surface area contributed by atoms with Crippen molar-refractivity contribution in [2.75, 3.05) is 5.32 Å². The van der Waals surface area contributed by atoms with Gasteiger partial charge in [-0.15, -0.1) is 0 Å². The molecule has 3 N–H and O–H groups in total. The van der Waals surface area contributed by atoms with Crippen LogP contribution in [-0.2, 0) is 4.79 Å². The van der Waals surface area contributed by atoms with Gasteiger partial charge in [-0.2, -0.15) is 0 Å². The molecule has 1 aliphatic carbocycles. The number of alkyl halides is 2. The Hall–Kier alpha value is -2.68. The number of halogens is 5. The summed E-state index contributed by atoms with van der Waals surface area (Å²) in [5, 5.41) is 1.93. The first-order valence-corrected chi connectivity index (χ1v) is 9.05. The maximum absolute atomic E-state index is 14.0. The van der Waals surface area contributed by atoms with Crippen molar-refractivity contribution in [3.63, 3.8) is 0 Å². The van der Waals surface area contributed by atoms with E-state index in [4.69, 9.17) is 17.3 Å². The molecule has 2 atom stereocenters. The lowest BCUT2D eigenvalue weighted by atomic mass is 9.73. The van der Waals surface area contributed by atoms with Gasteiger partial charge in [0, 0.05) is 24.7 Å². The highest BCUT2D eigenvalue weighted by Crippen LogP contribution is 2.47. The molecule has 154 valence electrons. The number of hydrogen-bond acceptors (Lipinski definition) is 3. The van der Waals surface area contributed by atoms with E-state index in [1.807, 2.05) is 0 Å². The van der Waals surface area contributed by atoms with Crippen molar-refractivity contribution in [3.8, 4) is 0 Å². The number of rotatable bonds is 4. The van der Waals surface area contributed by atoms with Crippen molar-refractivity contribution in [3.05, 3.63) is 58.4 Å². The highest BCUT2D eigenvalue weighted by molar-refractivity contribution is 6.31. The van der Waals surface area contributed by atoms with Crippen LogP contribution in [0.2, 0.25) is 5.02 Å². The minimum atomic E-state index is -3.10. The quantitative estimate of drug-likeness (QED) is 0.562. The van der Waals surface area contributed by atoms with Crippen LogP contribution in [0.3, 0.4) is 0 Å². The molecule has 1 fully saturated rings. The van der Waals surface area contributed by atoms with Crippen molar-refractivity contribution in [2.24, 2.45) is 11.7 Å². The Bertz CT molecular complexity index is 970. The summed E-state index contributed by atoms with van der Waals surface area (Å²) >= 11 is 5.89. The van der Waals surface area contributed by atoms with Gasteiger partial charge in [-0.1, -0.05) is 17.7 Å². The summed E-state index contributed by atoms with van der Waals surface area (Å²) in [5.74, 6) is -9.24. The number of carbonyl (C=O) groups is 2. The van der Waals surface area contributed by atoms with E-state index < -0.39 is 59.1 Å². The average Bonchev–Trinajstić information content (AvgIpc) is 2.66. The molecule has 0 bridgehead atoms. The molecule has 10 heteroatoms. The Morgan fingerprint density at radius 3 is 2.66 bits per heavy atom. The summed E-state index contributed by atoms with van der Waals surface area (Å²) < 4.78 is 55.4. The number of carbonyl (C=O) groups excluding carboxylic acids is 2. The largest absolute Gasteiger partial charge is 0.364 e. The topological polar surface area (TPSA) is 85.1 Å². The standard InChI is InChI=1S/C19H16ClF4N3O2/c20-15-11(1-2-13(21)16(15)22)10-3-5-19(23,24)8-12(10)18(29)27-9-4-6-26-14(7-9)17(25)28/h1-2,4,6-7,10,12H,3,5,8H2,(H2,25,28)(H,26,27,29)/t10?,12-/m0/s1. The van der Waals surface area contributed by atoms with Crippen LogP contribution in [0, 0.1) is 17.6 Å². The molecule has 1 heterocycles. The number of amides is 2. The second-order valence-corrected chi connectivity index (χ2v) is 7.24. The summed E-state index contributed by atoms with van der Waals surface area (Å²) in [6.07, 6.45) is -0.210. The van der Waals surface area contributed by atoms with Gasteiger partial charge in [-0.25, -0.2) is 17.6 Å². The van der Waals surface area contributed by atoms with E-state index in [1.165, 1.54) is 24.4 Å². The fraction of sp³-hybridized carbons (Fsp3) is 0.316. The zero-order chi connectivity index (χ0) is 21.3. The number of pyridine rings is 1. The minimum absolute atomic E-state index is 0.0915. The molecular weight excluding hydrogens is 414 g/mol. The second-order valence-electron chi connectivity index (χ2n) is 6.86. The lowest BCUT2D eigenvalue weighted by molar-refractivity contribution is -0.128. The Morgan fingerprint density at radius 2 is 1.97 bits per heavy atom. The third-order valence-corrected chi connectivity index (χ3v) is 5.29. The van der Waals surface area contributed by atoms with Crippen LogP contribution in [0.4, 0.5) is 23.2 Å².